The van der Waals surface area contributed by atoms with Crippen molar-refractivity contribution in [2.24, 2.45) is 5.73 Å². The molecule has 0 fully saturated rings. The molecule has 0 bridgehead atoms. The minimum absolute atomic E-state index is 0.0478. The number of rotatable bonds is 3. The molecule has 0 aliphatic carbocycles. The number of hydrogen-bond acceptors (Lipinski definition) is 2. The number of hydrogen-bond donors (Lipinski definition) is 1. The van der Waals surface area contributed by atoms with E-state index in [4.69, 9.17) is 22.1 Å². The number of halogens is 5. The summed E-state index contributed by atoms with van der Waals surface area (Å²) >= 11 is 5.61. The number of alkyl halides is 3. The smallest absolute Gasteiger partial charge is 0.416 e. The Labute approximate surface area is 123 Å². The van der Waals surface area contributed by atoms with E-state index in [0.717, 1.165) is 18.2 Å². The highest BCUT2D eigenvalue weighted by atomic mass is 35.5. The molecule has 0 saturated carbocycles. The van der Waals surface area contributed by atoms with Gasteiger partial charge in [-0.2, -0.15) is 13.2 Å². The van der Waals surface area contributed by atoms with E-state index in [1.54, 1.807) is 0 Å². The average Bonchev–Trinajstić information content (AvgIpc) is 2.43. The maximum absolute atomic E-state index is 13.7. The second kappa shape index (κ2) is 5.91. The number of nitrogens with two attached hydrogens (primary N) is 1. The third-order valence-electron chi connectivity index (χ3n) is 2.74. The van der Waals surface area contributed by atoms with Gasteiger partial charge in [0, 0.05) is 12.1 Å². The molecule has 0 spiro atoms. The standard InChI is InChI=1S/C14H10ClF4NO/c15-10-2-1-3-12(13(10)16)21-11-5-4-9(14(17,18)19)6-8(11)7-20/h1-6H,7,20H2. The first-order chi connectivity index (χ1) is 9.82. The summed E-state index contributed by atoms with van der Waals surface area (Å²) in [6.07, 6.45) is -4.48. The molecular formula is C14H10ClF4NO. The SMILES string of the molecule is NCc1cc(C(F)(F)F)ccc1Oc1cccc(Cl)c1F. The van der Waals surface area contributed by atoms with Crippen LogP contribution in [-0.2, 0) is 12.7 Å². The second-order valence-corrected chi connectivity index (χ2v) is 4.59. The van der Waals surface area contributed by atoms with E-state index >= 15 is 0 Å². The summed E-state index contributed by atoms with van der Waals surface area (Å²) in [5, 5.41) is -0.145. The Hall–Kier alpha value is -1.79. The Morgan fingerprint density at radius 1 is 1.10 bits per heavy atom. The molecule has 0 aromatic heterocycles. The predicted molar refractivity (Wildman–Crippen MR) is 70.8 cm³/mol. The average molecular weight is 320 g/mol. The highest BCUT2D eigenvalue weighted by Gasteiger charge is 2.31. The quantitative estimate of drug-likeness (QED) is 0.829. The summed E-state index contributed by atoms with van der Waals surface area (Å²) in [7, 11) is 0. The molecule has 112 valence electrons. The van der Waals surface area contributed by atoms with Crippen LogP contribution in [0.25, 0.3) is 0 Å². The highest BCUT2D eigenvalue weighted by molar-refractivity contribution is 6.30. The van der Waals surface area contributed by atoms with Gasteiger partial charge < -0.3 is 10.5 Å². The molecule has 0 saturated heterocycles. The van der Waals surface area contributed by atoms with Gasteiger partial charge in [0.05, 0.1) is 10.6 Å². The first-order valence-electron chi connectivity index (χ1n) is 5.85. The van der Waals surface area contributed by atoms with Gasteiger partial charge in [-0.05, 0) is 30.3 Å². The van der Waals surface area contributed by atoms with Crippen LogP contribution in [0.4, 0.5) is 17.6 Å². The van der Waals surface area contributed by atoms with Crippen LogP contribution in [0.15, 0.2) is 36.4 Å². The lowest BCUT2D eigenvalue weighted by Crippen LogP contribution is -2.08. The Kier molecular flexibility index (Phi) is 4.39. The maximum atomic E-state index is 13.7. The van der Waals surface area contributed by atoms with E-state index < -0.39 is 17.6 Å². The van der Waals surface area contributed by atoms with Gasteiger partial charge in [0.15, 0.2) is 11.6 Å². The van der Waals surface area contributed by atoms with Crippen molar-refractivity contribution in [3.63, 3.8) is 0 Å². The van der Waals surface area contributed by atoms with Gasteiger partial charge in [0.1, 0.15) is 5.75 Å². The summed E-state index contributed by atoms with van der Waals surface area (Å²) in [5.74, 6) is -0.925. The van der Waals surface area contributed by atoms with Crippen molar-refractivity contribution in [2.45, 2.75) is 12.7 Å². The van der Waals surface area contributed by atoms with Crippen LogP contribution in [0.3, 0.4) is 0 Å². The summed E-state index contributed by atoms with van der Waals surface area (Å²) in [6.45, 7) is -0.179. The number of ether oxygens (including phenoxy) is 1. The molecule has 2 aromatic carbocycles. The first kappa shape index (κ1) is 15.6. The molecule has 0 aliphatic rings. The third-order valence-corrected chi connectivity index (χ3v) is 3.04. The molecule has 2 nitrogen and oxygen atoms in total. The minimum atomic E-state index is -4.48. The van der Waals surface area contributed by atoms with Gasteiger partial charge in [-0.3, -0.25) is 0 Å². The Morgan fingerprint density at radius 3 is 2.43 bits per heavy atom. The molecular weight excluding hydrogens is 310 g/mol. The van der Waals surface area contributed by atoms with Crippen molar-refractivity contribution >= 4 is 11.6 Å². The number of benzene rings is 2. The Balaban J connectivity index is 2.38. The highest BCUT2D eigenvalue weighted by Crippen LogP contribution is 2.35. The van der Waals surface area contributed by atoms with Gasteiger partial charge in [-0.1, -0.05) is 17.7 Å². The lowest BCUT2D eigenvalue weighted by Gasteiger charge is -2.14. The van der Waals surface area contributed by atoms with E-state index in [1.165, 1.54) is 18.2 Å². The van der Waals surface area contributed by atoms with E-state index in [-0.39, 0.29) is 28.6 Å². The molecule has 0 radical (unpaired) electrons. The molecule has 2 aromatic rings. The van der Waals surface area contributed by atoms with Crippen molar-refractivity contribution < 1.29 is 22.3 Å². The summed E-state index contributed by atoms with van der Waals surface area (Å²) in [4.78, 5) is 0. The van der Waals surface area contributed by atoms with Gasteiger partial charge in [0.25, 0.3) is 0 Å². The van der Waals surface area contributed by atoms with Gasteiger partial charge >= 0.3 is 6.18 Å². The lowest BCUT2D eigenvalue weighted by atomic mass is 10.1. The van der Waals surface area contributed by atoms with E-state index in [9.17, 15) is 17.6 Å². The van der Waals surface area contributed by atoms with Crippen LogP contribution >= 0.6 is 11.6 Å². The third kappa shape index (κ3) is 3.46. The normalized spacial score (nSPS) is 11.5. The van der Waals surface area contributed by atoms with Crippen LogP contribution in [0.5, 0.6) is 11.5 Å². The fourth-order valence-electron chi connectivity index (χ4n) is 1.70. The van der Waals surface area contributed by atoms with Crippen LogP contribution < -0.4 is 10.5 Å². The maximum Gasteiger partial charge on any atom is 0.416 e. The Morgan fingerprint density at radius 2 is 1.81 bits per heavy atom. The summed E-state index contributed by atoms with van der Waals surface area (Å²) < 4.78 is 56.9. The Bertz CT molecular complexity index is 658. The van der Waals surface area contributed by atoms with Crippen LogP contribution in [0, 0.1) is 5.82 Å². The fraction of sp³-hybridized carbons (Fsp3) is 0.143. The molecule has 0 heterocycles. The largest absolute Gasteiger partial charge is 0.454 e. The zero-order valence-electron chi connectivity index (χ0n) is 10.5. The molecule has 7 heteroatoms. The monoisotopic (exact) mass is 319 g/mol. The van der Waals surface area contributed by atoms with Crippen LogP contribution in [-0.4, -0.2) is 0 Å². The zero-order valence-corrected chi connectivity index (χ0v) is 11.3. The molecule has 2 rings (SSSR count). The lowest BCUT2D eigenvalue weighted by molar-refractivity contribution is -0.137. The van der Waals surface area contributed by atoms with Crippen molar-refractivity contribution in [2.75, 3.05) is 0 Å². The van der Waals surface area contributed by atoms with Crippen LogP contribution in [0.1, 0.15) is 11.1 Å². The molecule has 0 amide bonds. The van der Waals surface area contributed by atoms with Gasteiger partial charge in [0.2, 0.25) is 0 Å². The van der Waals surface area contributed by atoms with E-state index in [0.29, 0.717) is 0 Å². The molecule has 0 aliphatic heterocycles. The van der Waals surface area contributed by atoms with Crippen LogP contribution in [0.2, 0.25) is 5.02 Å². The summed E-state index contributed by atoms with van der Waals surface area (Å²) in [5.41, 5.74) is 4.69. The van der Waals surface area contributed by atoms with E-state index in [1.807, 2.05) is 0 Å². The van der Waals surface area contributed by atoms with E-state index in [2.05, 4.69) is 0 Å². The fourth-order valence-corrected chi connectivity index (χ4v) is 1.86. The molecule has 0 unspecified atom stereocenters. The van der Waals surface area contributed by atoms with Crippen molar-refractivity contribution in [3.8, 4) is 11.5 Å². The first-order valence-corrected chi connectivity index (χ1v) is 6.22. The molecule has 21 heavy (non-hydrogen) atoms. The van der Waals surface area contributed by atoms with Gasteiger partial charge in [-0.25, -0.2) is 4.39 Å². The van der Waals surface area contributed by atoms with Crippen molar-refractivity contribution in [1.82, 2.24) is 0 Å². The van der Waals surface area contributed by atoms with Gasteiger partial charge in [-0.15, -0.1) is 0 Å². The predicted octanol–water partition coefficient (Wildman–Crippen LogP) is 4.75. The summed E-state index contributed by atoms with van der Waals surface area (Å²) in [6, 6.07) is 6.94. The molecule has 0 atom stereocenters. The van der Waals surface area contributed by atoms with Crippen molar-refractivity contribution in [3.05, 3.63) is 58.4 Å². The zero-order chi connectivity index (χ0) is 15.6. The minimum Gasteiger partial charge on any atom is -0.454 e. The molecule has 2 N–H and O–H groups in total. The van der Waals surface area contributed by atoms with Crippen molar-refractivity contribution in [1.29, 1.82) is 0 Å². The topological polar surface area (TPSA) is 35.2 Å². The second-order valence-electron chi connectivity index (χ2n) is 4.18.